The maximum atomic E-state index is 4.65. The zero-order valence-corrected chi connectivity index (χ0v) is 12.8. The van der Waals surface area contributed by atoms with E-state index in [2.05, 4.69) is 59.8 Å². The van der Waals surface area contributed by atoms with Crippen molar-refractivity contribution >= 4 is 16.3 Å². The molecule has 2 heterocycles. The van der Waals surface area contributed by atoms with Crippen LogP contribution in [0.4, 0.5) is 0 Å². The van der Waals surface area contributed by atoms with Gasteiger partial charge < -0.3 is 5.32 Å². The van der Waals surface area contributed by atoms with Gasteiger partial charge >= 0.3 is 0 Å². The highest BCUT2D eigenvalue weighted by molar-refractivity contribution is 7.15. The van der Waals surface area contributed by atoms with Gasteiger partial charge in [-0.05, 0) is 12.5 Å². The molecule has 2 rings (SSSR count). The van der Waals surface area contributed by atoms with Crippen LogP contribution < -0.4 is 5.32 Å². The highest BCUT2D eigenvalue weighted by Gasteiger charge is 2.22. The van der Waals surface area contributed by atoms with Crippen LogP contribution in [0.5, 0.6) is 0 Å². The molecule has 3 nitrogen and oxygen atoms in total. The molecule has 2 aromatic heterocycles. The Hall–Kier alpha value is -1.13. The summed E-state index contributed by atoms with van der Waals surface area (Å²) in [4.78, 5) is 5.72. The van der Waals surface area contributed by atoms with Crippen molar-refractivity contribution in [3.63, 3.8) is 0 Å². The number of nitrogens with one attached hydrogen (secondary N) is 1. The second kappa shape index (κ2) is 5.88. The number of rotatable bonds is 7. The summed E-state index contributed by atoms with van der Waals surface area (Å²) in [6.07, 6.45) is 7.15. The lowest BCUT2D eigenvalue weighted by molar-refractivity contribution is 0.375. The van der Waals surface area contributed by atoms with Crippen LogP contribution in [0, 0.1) is 11.3 Å². The zero-order chi connectivity index (χ0) is 13.9. The van der Waals surface area contributed by atoms with Crippen LogP contribution in [-0.2, 0) is 6.42 Å². The molecule has 1 N–H and O–H groups in total. The van der Waals surface area contributed by atoms with E-state index in [0.717, 1.165) is 30.2 Å². The van der Waals surface area contributed by atoms with Crippen LogP contribution in [0.15, 0.2) is 30.4 Å². The molecule has 2 aromatic rings. The summed E-state index contributed by atoms with van der Waals surface area (Å²) in [5.41, 5.74) is 1.19. The van der Waals surface area contributed by atoms with Crippen LogP contribution >= 0.6 is 11.3 Å². The Balaban J connectivity index is 2.00. The van der Waals surface area contributed by atoms with Gasteiger partial charge in [0, 0.05) is 36.2 Å². The van der Waals surface area contributed by atoms with Crippen LogP contribution in [0.2, 0.25) is 0 Å². The molecule has 0 bridgehead atoms. The summed E-state index contributed by atoms with van der Waals surface area (Å²) in [7, 11) is 0. The lowest BCUT2D eigenvalue weighted by atomic mass is 9.85. The first kappa shape index (κ1) is 14.3. The van der Waals surface area contributed by atoms with Gasteiger partial charge in [0.25, 0.3) is 0 Å². The van der Waals surface area contributed by atoms with Crippen molar-refractivity contribution in [2.24, 2.45) is 11.3 Å². The van der Waals surface area contributed by atoms with Gasteiger partial charge in [-0.3, -0.25) is 4.40 Å². The summed E-state index contributed by atoms with van der Waals surface area (Å²) in [6, 6.07) is 0. The number of hydrogen-bond acceptors (Lipinski definition) is 3. The molecule has 104 valence electrons. The summed E-state index contributed by atoms with van der Waals surface area (Å²) < 4.78 is 2.09. The van der Waals surface area contributed by atoms with Crippen LogP contribution in [0.1, 0.15) is 26.5 Å². The van der Waals surface area contributed by atoms with E-state index >= 15 is 0 Å². The fourth-order valence-electron chi connectivity index (χ4n) is 2.13. The van der Waals surface area contributed by atoms with Crippen molar-refractivity contribution < 1.29 is 0 Å². The van der Waals surface area contributed by atoms with Crippen LogP contribution in [-0.4, -0.2) is 22.5 Å². The Labute approximate surface area is 119 Å². The maximum Gasteiger partial charge on any atom is 0.193 e. The molecular weight excluding hydrogens is 254 g/mol. The minimum atomic E-state index is 0.0545. The summed E-state index contributed by atoms with van der Waals surface area (Å²) in [6.45, 7) is 12.7. The normalized spacial score (nSPS) is 14.9. The molecular formula is C15H23N3S. The number of aromatic nitrogens is 2. The van der Waals surface area contributed by atoms with E-state index in [0.29, 0.717) is 5.92 Å². The fourth-order valence-corrected chi connectivity index (χ4v) is 2.85. The Morgan fingerprint density at radius 3 is 3.00 bits per heavy atom. The van der Waals surface area contributed by atoms with Crippen molar-refractivity contribution in [1.29, 1.82) is 0 Å². The Morgan fingerprint density at radius 1 is 1.58 bits per heavy atom. The molecule has 0 fully saturated rings. The van der Waals surface area contributed by atoms with E-state index in [1.807, 2.05) is 6.08 Å². The van der Waals surface area contributed by atoms with Crippen LogP contribution in [0.25, 0.3) is 4.96 Å². The number of thiazole rings is 1. The van der Waals surface area contributed by atoms with E-state index < -0.39 is 0 Å². The lowest BCUT2D eigenvalue weighted by Crippen LogP contribution is -2.34. The first-order valence-corrected chi connectivity index (χ1v) is 7.66. The predicted molar refractivity (Wildman–Crippen MR) is 82.8 cm³/mol. The minimum Gasteiger partial charge on any atom is -0.316 e. The smallest absolute Gasteiger partial charge is 0.193 e. The highest BCUT2D eigenvalue weighted by Crippen LogP contribution is 2.24. The van der Waals surface area contributed by atoms with Crippen molar-refractivity contribution in [2.45, 2.75) is 27.2 Å². The summed E-state index contributed by atoms with van der Waals surface area (Å²) in [5.74, 6) is 0.673. The molecule has 0 spiro atoms. The van der Waals surface area contributed by atoms with Gasteiger partial charge in [-0.2, -0.15) is 0 Å². The molecule has 0 radical (unpaired) electrons. The highest BCUT2D eigenvalue weighted by atomic mass is 32.1. The standard InChI is InChI=1S/C15H23N3S/c1-5-15(4,11-16-9-12(2)3)8-13-10-18-6-7-19-14(18)17-13/h5-7,10,12,16H,1,8-9,11H2,2-4H3. The third-order valence-corrected chi connectivity index (χ3v) is 4.07. The van der Waals surface area contributed by atoms with E-state index in [1.54, 1.807) is 11.3 Å². The van der Waals surface area contributed by atoms with Gasteiger partial charge in [0.05, 0.1) is 5.69 Å². The first-order chi connectivity index (χ1) is 9.02. The van der Waals surface area contributed by atoms with Crippen molar-refractivity contribution in [3.05, 3.63) is 36.1 Å². The SMILES string of the molecule is C=CC(C)(CNCC(C)C)Cc1cn2ccsc2n1. The second-order valence-electron chi connectivity index (χ2n) is 5.88. The van der Waals surface area contributed by atoms with Crippen molar-refractivity contribution in [1.82, 2.24) is 14.7 Å². The topological polar surface area (TPSA) is 29.3 Å². The molecule has 1 atom stereocenters. The fraction of sp³-hybridized carbons (Fsp3) is 0.533. The second-order valence-corrected chi connectivity index (χ2v) is 6.76. The lowest BCUT2D eigenvalue weighted by Gasteiger charge is -2.25. The molecule has 0 aliphatic heterocycles. The van der Waals surface area contributed by atoms with E-state index in [4.69, 9.17) is 0 Å². The van der Waals surface area contributed by atoms with Gasteiger partial charge in [0.15, 0.2) is 4.96 Å². The van der Waals surface area contributed by atoms with E-state index in [9.17, 15) is 0 Å². The monoisotopic (exact) mass is 277 g/mol. The predicted octanol–water partition coefficient (Wildman–Crippen LogP) is 3.38. The molecule has 0 saturated heterocycles. The largest absolute Gasteiger partial charge is 0.316 e. The average molecular weight is 277 g/mol. The van der Waals surface area contributed by atoms with Gasteiger partial charge in [0.2, 0.25) is 0 Å². The number of nitrogens with zero attached hydrogens (tertiary/aromatic N) is 2. The van der Waals surface area contributed by atoms with Crippen LogP contribution in [0.3, 0.4) is 0 Å². The molecule has 4 heteroatoms. The molecule has 0 aliphatic rings. The number of imidazole rings is 1. The quantitative estimate of drug-likeness (QED) is 0.786. The van der Waals surface area contributed by atoms with Gasteiger partial charge in [0.1, 0.15) is 0 Å². The molecule has 1 unspecified atom stereocenters. The molecule has 0 aliphatic carbocycles. The Bertz CT molecular complexity index is 512. The van der Waals surface area contributed by atoms with Crippen molar-refractivity contribution in [3.8, 4) is 0 Å². The molecule has 0 aromatic carbocycles. The van der Waals surface area contributed by atoms with Gasteiger partial charge in [-0.15, -0.1) is 17.9 Å². The Morgan fingerprint density at radius 2 is 2.37 bits per heavy atom. The zero-order valence-electron chi connectivity index (χ0n) is 12.0. The minimum absolute atomic E-state index is 0.0545. The third kappa shape index (κ3) is 3.67. The number of hydrogen-bond donors (Lipinski definition) is 1. The molecule has 0 saturated carbocycles. The third-order valence-electron chi connectivity index (χ3n) is 3.30. The van der Waals surface area contributed by atoms with E-state index in [-0.39, 0.29) is 5.41 Å². The summed E-state index contributed by atoms with van der Waals surface area (Å²) in [5, 5.41) is 5.58. The first-order valence-electron chi connectivity index (χ1n) is 6.78. The van der Waals surface area contributed by atoms with Gasteiger partial charge in [-0.25, -0.2) is 4.98 Å². The van der Waals surface area contributed by atoms with E-state index in [1.165, 1.54) is 0 Å². The summed E-state index contributed by atoms with van der Waals surface area (Å²) >= 11 is 1.67. The average Bonchev–Trinajstić information content (AvgIpc) is 2.89. The molecule has 19 heavy (non-hydrogen) atoms. The van der Waals surface area contributed by atoms with Gasteiger partial charge in [-0.1, -0.05) is 26.8 Å². The Kier molecular flexibility index (Phi) is 4.42. The maximum absolute atomic E-state index is 4.65. The van der Waals surface area contributed by atoms with Crippen molar-refractivity contribution in [2.75, 3.05) is 13.1 Å². The molecule has 0 amide bonds. The number of fused-ring (bicyclic) bond motifs is 1.